The average molecular weight is 994 g/mol. The van der Waals surface area contributed by atoms with Crippen LogP contribution in [0.1, 0.15) is 93.6 Å². The van der Waals surface area contributed by atoms with Crippen LogP contribution in [0.5, 0.6) is 0 Å². The van der Waals surface area contributed by atoms with Gasteiger partial charge in [-0.25, -0.2) is 0 Å². The molecule has 0 radical (unpaired) electrons. The van der Waals surface area contributed by atoms with Gasteiger partial charge in [0, 0.05) is 57.6 Å². The highest BCUT2D eigenvalue weighted by Crippen LogP contribution is 2.40. The molecule has 356 valence electrons. The Kier molecular flexibility index (Phi) is 19.0. The molecule has 3 heterocycles. The minimum absolute atomic E-state index is 0.0836. The molecule has 0 saturated carbocycles. The summed E-state index contributed by atoms with van der Waals surface area (Å²) in [6.45, 7) is 16.3. The van der Waals surface area contributed by atoms with Crippen molar-refractivity contribution in [2.45, 2.75) is 183 Å². The lowest BCUT2D eigenvalue weighted by atomic mass is 9.77. The summed E-state index contributed by atoms with van der Waals surface area (Å²) >= 11 is 1.81. The van der Waals surface area contributed by atoms with Crippen LogP contribution in [-0.2, 0) is 44.6 Å². The zero-order valence-electron chi connectivity index (χ0n) is 38.8. The highest BCUT2D eigenvalue weighted by Gasteiger charge is 2.53. The summed E-state index contributed by atoms with van der Waals surface area (Å²) in [5.74, 6) is -3.16. The Hall–Kier alpha value is -1.59. The van der Waals surface area contributed by atoms with Crippen LogP contribution in [0.4, 0.5) is 0 Å². The molecule has 6 N–H and O–H groups in total. The highest BCUT2D eigenvalue weighted by molar-refractivity contribution is 14.1. The van der Waals surface area contributed by atoms with Crippen molar-refractivity contribution in [3.63, 3.8) is 0 Å². The molecule has 0 spiro atoms. The van der Waals surface area contributed by atoms with Crippen molar-refractivity contribution in [2.24, 2.45) is 17.8 Å². The predicted molar refractivity (Wildman–Crippen MR) is 240 cm³/mol. The van der Waals surface area contributed by atoms with Crippen molar-refractivity contribution in [2.75, 3.05) is 34.3 Å². The lowest BCUT2D eigenvalue weighted by molar-refractivity contribution is -0.317. The molecule has 0 bridgehead atoms. The van der Waals surface area contributed by atoms with Crippen LogP contribution < -0.4 is 5.32 Å². The van der Waals surface area contributed by atoms with E-state index in [1.165, 1.54) is 14.0 Å². The van der Waals surface area contributed by atoms with E-state index >= 15 is 0 Å². The number of amides is 1. The molecule has 4 rings (SSSR count). The van der Waals surface area contributed by atoms with Gasteiger partial charge in [0.25, 0.3) is 0 Å². The minimum Gasteiger partial charge on any atom is -0.448 e. The number of nitrogens with zero attached hydrogens (tertiary/aromatic N) is 2. The molecule has 3 aliphatic heterocycles. The number of likely N-dealkylation sites (N-methyl/N-ethyl adjacent to an activating group) is 1. The van der Waals surface area contributed by atoms with Gasteiger partial charge < -0.3 is 64.2 Å². The van der Waals surface area contributed by atoms with Crippen molar-refractivity contribution in [3.8, 4) is 0 Å². The third-order valence-corrected chi connectivity index (χ3v) is 14.9. The number of hydrogen-bond donors (Lipinski definition) is 6. The van der Waals surface area contributed by atoms with Crippen LogP contribution >= 0.6 is 22.6 Å². The Labute approximate surface area is 382 Å². The molecular formula is C45H76IN3O13. The summed E-state index contributed by atoms with van der Waals surface area (Å²) in [6, 6.07) is 8.49. The number of nitrogens with one attached hydrogen (secondary N) is 1. The van der Waals surface area contributed by atoms with Gasteiger partial charge in [0.05, 0.1) is 41.5 Å². The third-order valence-electron chi connectivity index (χ3n) is 13.4. The van der Waals surface area contributed by atoms with Crippen LogP contribution in [0.2, 0.25) is 0 Å². The first kappa shape index (κ1) is 53.0. The standard InChI is InChI=1S/C45H76IN3O13/c1-25-21-43(7,55)39(61-41-35(51)32(48(10)11)20-26(2)58-41)27(3)36(60-34-22-44(8,57-12)38(53)30(6)59-34)28(4)40(54)62-42(46)45(9,56)37(52)29(5)49(24-25)19-18-33(50)47-23-31-16-14-13-15-17-31/h13-17,25-30,32,34-39,41-42,51-53,55-56H,18-24H2,1-12H3,(H,47,50)/t25-,26-,27+,28-,29-,30+,32+,34+,35-,36+,37-,38+,39-,41+,42+,43-,44-,45+/m1/s1. The molecule has 0 unspecified atom stereocenters. The Morgan fingerprint density at radius 3 is 2.23 bits per heavy atom. The van der Waals surface area contributed by atoms with Crippen LogP contribution in [0.15, 0.2) is 30.3 Å². The predicted octanol–water partition coefficient (Wildman–Crippen LogP) is 2.96. The van der Waals surface area contributed by atoms with Crippen LogP contribution in [0.25, 0.3) is 0 Å². The number of benzene rings is 1. The molecule has 1 aromatic rings. The van der Waals surface area contributed by atoms with Crippen LogP contribution in [-0.4, -0.2) is 170 Å². The van der Waals surface area contributed by atoms with Gasteiger partial charge in [0.1, 0.15) is 23.9 Å². The van der Waals surface area contributed by atoms with E-state index in [1.54, 1.807) is 41.5 Å². The Bertz CT molecular complexity index is 1580. The maximum atomic E-state index is 14.3. The summed E-state index contributed by atoms with van der Waals surface area (Å²) in [4.78, 5) is 31.3. The number of carbonyl (C=O) groups excluding carboxylic acids is 2. The molecule has 16 nitrogen and oxygen atoms in total. The first-order valence-electron chi connectivity index (χ1n) is 22.0. The van der Waals surface area contributed by atoms with E-state index in [9.17, 15) is 35.1 Å². The molecule has 0 aromatic heterocycles. The van der Waals surface area contributed by atoms with Gasteiger partial charge >= 0.3 is 5.97 Å². The van der Waals surface area contributed by atoms with E-state index in [1.807, 2.05) is 90.7 Å². The molecule has 17 heteroatoms. The van der Waals surface area contributed by atoms with Crippen molar-refractivity contribution in [3.05, 3.63) is 35.9 Å². The fourth-order valence-corrected chi connectivity index (χ4v) is 10.1. The van der Waals surface area contributed by atoms with E-state index in [-0.39, 0.29) is 56.3 Å². The van der Waals surface area contributed by atoms with Crippen molar-refractivity contribution < 1.29 is 63.5 Å². The van der Waals surface area contributed by atoms with Crippen LogP contribution in [0.3, 0.4) is 0 Å². The largest absolute Gasteiger partial charge is 0.448 e. The van der Waals surface area contributed by atoms with E-state index in [0.29, 0.717) is 13.0 Å². The lowest BCUT2D eigenvalue weighted by Crippen LogP contribution is -2.60. The fourth-order valence-electron chi connectivity index (χ4n) is 9.44. The Morgan fingerprint density at radius 1 is 0.968 bits per heavy atom. The Morgan fingerprint density at radius 2 is 1.61 bits per heavy atom. The van der Waals surface area contributed by atoms with Crippen LogP contribution in [0, 0.1) is 17.8 Å². The molecule has 0 aliphatic carbocycles. The van der Waals surface area contributed by atoms with E-state index in [2.05, 4.69) is 5.32 Å². The van der Waals surface area contributed by atoms with Gasteiger partial charge in [-0.05, 0) is 109 Å². The minimum atomic E-state index is -1.96. The molecule has 62 heavy (non-hydrogen) atoms. The molecule has 1 aromatic carbocycles. The van der Waals surface area contributed by atoms with Crippen molar-refractivity contribution in [1.29, 1.82) is 0 Å². The first-order chi connectivity index (χ1) is 28.8. The quantitative estimate of drug-likeness (QED) is 0.107. The average Bonchev–Trinajstić information content (AvgIpc) is 3.21. The zero-order chi connectivity index (χ0) is 46.5. The maximum Gasteiger partial charge on any atom is 0.312 e. The van der Waals surface area contributed by atoms with Gasteiger partial charge in [0.15, 0.2) is 16.7 Å². The summed E-state index contributed by atoms with van der Waals surface area (Å²) in [5, 5.41) is 62.2. The summed E-state index contributed by atoms with van der Waals surface area (Å²) < 4.78 is 36.4. The second kappa shape index (κ2) is 22.3. The number of carbonyl (C=O) groups is 2. The number of halogens is 1. The fraction of sp³-hybridized carbons (Fsp3) is 0.822. The van der Waals surface area contributed by atoms with Gasteiger partial charge in [-0.15, -0.1) is 0 Å². The SMILES string of the molecule is CO[C@]1(C)C[C@H](O[C@H]2[C@H](C)[C@@H](O[C@@H]3O[C@H](C)C[C@H](N(C)C)[C@H]3O)[C@](C)(O)C[C@@H](C)CN(CCC(=O)NCc3ccccc3)[C@H](C)[C@@H](O)[C@](C)(O)[C@@H](I)OC(=O)[C@@H]2C)O[C@@H](C)[C@@H]1O. The van der Waals surface area contributed by atoms with Gasteiger partial charge in [-0.3, -0.25) is 14.5 Å². The normalized spacial score (nSPS) is 43.3. The van der Waals surface area contributed by atoms with Gasteiger partial charge in [0.2, 0.25) is 5.91 Å². The zero-order valence-corrected chi connectivity index (χ0v) is 40.9. The number of rotatable bonds is 11. The number of methoxy groups -OCH3 is 1. The highest BCUT2D eigenvalue weighted by atomic mass is 127. The molecule has 3 aliphatic rings. The number of alkyl halides is 1. The first-order valence-corrected chi connectivity index (χ1v) is 23.3. The monoisotopic (exact) mass is 993 g/mol. The second-order valence-electron chi connectivity index (χ2n) is 19.2. The number of aliphatic hydroxyl groups excluding tert-OH is 3. The topological polar surface area (TPSA) is 209 Å². The number of aliphatic hydroxyl groups is 5. The molecule has 18 atom stereocenters. The lowest BCUT2D eigenvalue weighted by Gasteiger charge is -2.48. The summed E-state index contributed by atoms with van der Waals surface area (Å²) in [7, 11) is 5.23. The smallest absolute Gasteiger partial charge is 0.312 e. The van der Waals surface area contributed by atoms with E-state index in [4.69, 9.17) is 28.4 Å². The summed E-state index contributed by atoms with van der Waals surface area (Å²) in [6.07, 6.45) is -8.06. The number of esters is 1. The number of hydrogen-bond acceptors (Lipinski definition) is 15. The third kappa shape index (κ3) is 13.1. The molecule has 3 saturated heterocycles. The van der Waals surface area contributed by atoms with Gasteiger partial charge in [-0.1, -0.05) is 44.2 Å². The Balaban J connectivity index is 1.76. The van der Waals surface area contributed by atoms with Crippen molar-refractivity contribution >= 4 is 34.5 Å². The number of ether oxygens (including phenoxy) is 6. The van der Waals surface area contributed by atoms with Gasteiger partial charge in [-0.2, -0.15) is 0 Å². The second-order valence-corrected chi connectivity index (χ2v) is 20.3. The molecular weight excluding hydrogens is 917 g/mol. The van der Waals surface area contributed by atoms with Crippen molar-refractivity contribution in [1.82, 2.24) is 15.1 Å². The maximum absolute atomic E-state index is 14.3. The van der Waals surface area contributed by atoms with E-state index < -0.39 is 94.0 Å². The number of cyclic esters (lactones) is 1. The van der Waals surface area contributed by atoms with E-state index in [0.717, 1.165) is 5.56 Å². The summed E-state index contributed by atoms with van der Waals surface area (Å²) in [5.41, 5.74) is -3.74. The molecule has 1 amide bonds. The molecule has 3 fully saturated rings.